The molecule has 10 nitrogen and oxygen atoms in total. The third-order valence-electron chi connectivity index (χ3n) is 5.69. The maximum Gasteiger partial charge on any atom is 0.321 e. The molecular weight excluding hydrogens is 516 g/mol. The van der Waals surface area contributed by atoms with Gasteiger partial charge in [-0.3, -0.25) is 0 Å². The number of urea groups is 1. The topological polar surface area (TPSA) is 125 Å². The number of ether oxygens (including phenoxy) is 1. The van der Waals surface area contributed by atoms with Gasteiger partial charge in [0, 0.05) is 30.0 Å². The lowest BCUT2D eigenvalue weighted by Gasteiger charge is -2.37. The molecule has 1 aliphatic heterocycles. The van der Waals surface area contributed by atoms with Crippen LogP contribution in [0.15, 0.2) is 32.1 Å². The minimum atomic E-state index is -3.90. The lowest BCUT2D eigenvalue weighted by molar-refractivity contribution is 0.0829. The van der Waals surface area contributed by atoms with Crippen molar-refractivity contribution in [3.8, 4) is 5.75 Å². The first-order valence-corrected chi connectivity index (χ1v) is 12.7. The van der Waals surface area contributed by atoms with Crippen molar-refractivity contribution in [2.45, 2.75) is 44.7 Å². The Bertz CT molecular complexity index is 1100. The largest absolute Gasteiger partial charge is 0.487 e. The van der Waals surface area contributed by atoms with Crippen molar-refractivity contribution >= 4 is 37.7 Å². The first-order valence-electron chi connectivity index (χ1n) is 10.5. The third kappa shape index (κ3) is 5.34. The summed E-state index contributed by atoms with van der Waals surface area (Å²) in [5.74, 6) is 0.410. The van der Waals surface area contributed by atoms with E-state index in [4.69, 9.17) is 9.26 Å². The van der Waals surface area contributed by atoms with E-state index in [0.29, 0.717) is 21.6 Å². The highest BCUT2D eigenvalue weighted by Gasteiger charge is 2.38. The number of hydrogen-bond acceptors (Lipinski definition) is 7. The number of rotatable bonds is 5. The quantitative estimate of drug-likeness (QED) is 0.592. The third-order valence-corrected chi connectivity index (χ3v) is 8.21. The number of nitrogens with one attached hydrogen (secondary N) is 1. The van der Waals surface area contributed by atoms with Crippen molar-refractivity contribution in [1.82, 2.24) is 14.4 Å². The van der Waals surface area contributed by atoms with Gasteiger partial charge in [-0.05, 0) is 39.0 Å². The first-order chi connectivity index (χ1) is 15.4. The van der Waals surface area contributed by atoms with E-state index in [0.717, 1.165) is 0 Å². The van der Waals surface area contributed by atoms with Crippen molar-refractivity contribution in [1.29, 1.82) is 0 Å². The Balaban J connectivity index is 1.90. The summed E-state index contributed by atoms with van der Waals surface area (Å²) in [4.78, 5) is 14.3. The Morgan fingerprint density at radius 1 is 1.42 bits per heavy atom. The van der Waals surface area contributed by atoms with Gasteiger partial charge in [-0.25, -0.2) is 13.2 Å². The van der Waals surface area contributed by atoms with Crippen LogP contribution in [0.4, 0.5) is 10.5 Å². The Morgan fingerprint density at radius 3 is 2.73 bits per heavy atom. The zero-order valence-corrected chi connectivity index (χ0v) is 21.6. The molecule has 2 amide bonds. The van der Waals surface area contributed by atoms with Crippen molar-refractivity contribution in [3.63, 3.8) is 0 Å². The monoisotopic (exact) mass is 544 g/mol. The summed E-state index contributed by atoms with van der Waals surface area (Å²) in [5, 5.41) is 16.3. The van der Waals surface area contributed by atoms with Gasteiger partial charge in [0.25, 0.3) is 0 Å². The number of sulfonamides is 1. The van der Waals surface area contributed by atoms with Gasteiger partial charge in [-0.2, -0.15) is 4.31 Å². The number of fused-ring (bicyclic) bond motifs is 1. The molecule has 33 heavy (non-hydrogen) atoms. The second kappa shape index (κ2) is 10.00. The van der Waals surface area contributed by atoms with Crippen LogP contribution in [0.1, 0.15) is 25.3 Å². The molecule has 0 aliphatic carbocycles. The molecule has 0 saturated heterocycles. The van der Waals surface area contributed by atoms with Gasteiger partial charge in [0.05, 0.1) is 13.2 Å². The fourth-order valence-corrected chi connectivity index (χ4v) is 5.80. The van der Waals surface area contributed by atoms with E-state index >= 15 is 0 Å². The van der Waals surface area contributed by atoms with Crippen LogP contribution in [0.3, 0.4) is 0 Å². The lowest BCUT2D eigenvalue weighted by atomic mass is 10.0. The van der Waals surface area contributed by atoms with E-state index in [1.54, 1.807) is 40.0 Å². The van der Waals surface area contributed by atoms with Gasteiger partial charge in [-0.1, -0.05) is 28.0 Å². The van der Waals surface area contributed by atoms with Gasteiger partial charge in [0.1, 0.15) is 28.1 Å². The predicted molar refractivity (Wildman–Crippen MR) is 126 cm³/mol. The van der Waals surface area contributed by atoms with Crippen LogP contribution >= 0.6 is 15.9 Å². The van der Waals surface area contributed by atoms with Gasteiger partial charge >= 0.3 is 6.03 Å². The number of aryl methyl sites for hydroxylation is 2. The zero-order valence-electron chi connectivity index (χ0n) is 19.2. The summed E-state index contributed by atoms with van der Waals surface area (Å²) < 4.78 is 39.9. The Hall–Kier alpha value is -2.15. The summed E-state index contributed by atoms with van der Waals surface area (Å²) in [7, 11) is -2.26. The number of likely N-dealkylation sites (N-methyl/N-ethyl adjacent to an activating group) is 1. The molecule has 0 saturated carbocycles. The summed E-state index contributed by atoms with van der Waals surface area (Å²) in [6.45, 7) is 6.97. The zero-order chi connectivity index (χ0) is 24.5. The van der Waals surface area contributed by atoms with E-state index in [-0.39, 0.29) is 42.3 Å². The maximum absolute atomic E-state index is 13.3. The number of carbonyl (C=O) groups is 1. The Kier molecular flexibility index (Phi) is 7.72. The summed E-state index contributed by atoms with van der Waals surface area (Å²) in [5.41, 5.74) is 1.09. The molecule has 0 fully saturated rings. The van der Waals surface area contributed by atoms with Crippen LogP contribution in [-0.2, 0) is 10.0 Å². The molecule has 0 bridgehead atoms. The van der Waals surface area contributed by atoms with Crippen LogP contribution in [0, 0.1) is 19.8 Å². The molecule has 0 spiro atoms. The Labute approximate surface area is 202 Å². The molecular formula is C21H29BrN4O6S. The van der Waals surface area contributed by atoms with Gasteiger partial charge in [0.2, 0.25) is 10.0 Å². The molecule has 0 unspecified atom stereocenters. The number of amides is 2. The van der Waals surface area contributed by atoms with Crippen LogP contribution in [0.5, 0.6) is 5.75 Å². The molecule has 3 atom stereocenters. The molecule has 0 radical (unpaired) electrons. The van der Waals surface area contributed by atoms with Crippen molar-refractivity contribution in [2.24, 2.45) is 5.92 Å². The number of halogens is 1. The van der Waals surface area contributed by atoms with Crippen molar-refractivity contribution in [3.05, 3.63) is 34.1 Å². The van der Waals surface area contributed by atoms with Gasteiger partial charge < -0.3 is 24.6 Å². The second-order valence-electron chi connectivity index (χ2n) is 8.34. The number of anilines is 1. The molecule has 1 aromatic heterocycles. The number of carbonyl (C=O) groups excluding carboxylic acids is 1. The average Bonchev–Trinajstić information content (AvgIpc) is 3.07. The number of hydrogen-bond donors (Lipinski definition) is 2. The predicted octanol–water partition coefficient (Wildman–Crippen LogP) is 2.99. The molecule has 1 aliphatic rings. The standard InChI is InChI=1S/C21H29BrN4O6S/c1-12-9-26(13(2)11-27)33(29,30)19-7-6-16(22)8-17(19)31-18(12)10-25(5)21(28)23-20-14(3)24-32-15(20)4/h6-8,12-13,18,27H,9-11H2,1-5H3,(H,23,28)/t12-,13+,18-/m0/s1. The van der Waals surface area contributed by atoms with Crippen LogP contribution in [0.2, 0.25) is 0 Å². The molecule has 3 rings (SSSR count). The first kappa shape index (κ1) is 25.5. The minimum absolute atomic E-state index is 0.0192. The highest BCUT2D eigenvalue weighted by Crippen LogP contribution is 2.35. The number of aliphatic hydroxyl groups is 1. The summed E-state index contributed by atoms with van der Waals surface area (Å²) >= 11 is 3.37. The normalized spacial score (nSPS) is 21.3. The average molecular weight is 545 g/mol. The number of aromatic nitrogens is 1. The highest BCUT2D eigenvalue weighted by atomic mass is 79.9. The molecule has 1 aromatic carbocycles. The molecule has 2 heterocycles. The smallest absolute Gasteiger partial charge is 0.321 e. The van der Waals surface area contributed by atoms with Gasteiger partial charge in [0.15, 0.2) is 5.76 Å². The molecule has 12 heteroatoms. The SMILES string of the molecule is Cc1noc(C)c1NC(=O)N(C)C[C@@H]1Oc2cc(Br)ccc2S(=O)(=O)N([C@H](C)CO)C[C@@H]1C. The molecule has 2 N–H and O–H groups in total. The van der Waals surface area contributed by atoms with Crippen molar-refractivity contribution in [2.75, 3.05) is 32.1 Å². The minimum Gasteiger partial charge on any atom is -0.487 e. The number of aliphatic hydroxyl groups excluding tert-OH is 1. The molecule has 182 valence electrons. The molecule has 2 aromatic rings. The van der Waals surface area contributed by atoms with Crippen LogP contribution in [0.25, 0.3) is 0 Å². The number of nitrogens with zero attached hydrogens (tertiary/aromatic N) is 3. The van der Waals surface area contributed by atoms with Gasteiger partial charge in [-0.15, -0.1) is 0 Å². The fraction of sp³-hybridized carbons (Fsp3) is 0.524. The van der Waals surface area contributed by atoms with Crippen LogP contribution < -0.4 is 10.1 Å². The van der Waals surface area contributed by atoms with Crippen molar-refractivity contribution < 1.29 is 27.6 Å². The van der Waals surface area contributed by atoms with E-state index in [2.05, 4.69) is 26.4 Å². The van der Waals surface area contributed by atoms with E-state index in [9.17, 15) is 18.3 Å². The summed E-state index contributed by atoms with van der Waals surface area (Å²) in [6, 6.07) is 3.72. The van der Waals surface area contributed by atoms with Crippen LogP contribution in [-0.4, -0.2) is 72.8 Å². The Morgan fingerprint density at radius 2 is 2.12 bits per heavy atom. The number of benzene rings is 1. The van der Waals surface area contributed by atoms with E-state index in [1.807, 2.05) is 6.92 Å². The maximum atomic E-state index is 13.3. The summed E-state index contributed by atoms with van der Waals surface area (Å²) in [6.07, 6.45) is -0.512. The van der Waals surface area contributed by atoms with E-state index in [1.165, 1.54) is 15.3 Å². The second-order valence-corrected chi connectivity index (χ2v) is 11.1. The lowest BCUT2D eigenvalue weighted by Crippen LogP contribution is -2.50. The fourth-order valence-electron chi connectivity index (χ4n) is 3.63. The van der Waals surface area contributed by atoms with E-state index < -0.39 is 22.2 Å². The highest BCUT2D eigenvalue weighted by molar-refractivity contribution is 9.10.